The second-order valence-corrected chi connectivity index (χ2v) is 3.98. The lowest BCUT2D eigenvalue weighted by Crippen LogP contribution is -2.38. The van der Waals surface area contributed by atoms with Gasteiger partial charge in [-0.15, -0.1) is 11.3 Å². The van der Waals surface area contributed by atoms with Crippen LogP contribution in [0.5, 0.6) is 0 Å². The van der Waals surface area contributed by atoms with E-state index in [2.05, 4.69) is 0 Å². The normalized spacial score (nSPS) is 11.2. The molecular weight excluding hydrogens is 224 g/mol. The molecule has 0 aliphatic rings. The first-order valence-electron chi connectivity index (χ1n) is 4.52. The van der Waals surface area contributed by atoms with Gasteiger partial charge >= 0.3 is 0 Å². The van der Waals surface area contributed by atoms with Crippen LogP contribution in [0.2, 0.25) is 0 Å². The molecular formula is C10H10N4OS. The van der Waals surface area contributed by atoms with Crippen LogP contribution in [0, 0.1) is 22.7 Å². The zero-order chi connectivity index (χ0) is 12.0. The number of rotatable bonds is 4. The highest BCUT2D eigenvalue weighted by molar-refractivity contribution is 7.10. The fourth-order valence-corrected chi connectivity index (χ4v) is 1.89. The maximum absolute atomic E-state index is 11.8. The maximum atomic E-state index is 11.8. The SMILES string of the molecule is N#CCN(CC#N)C(=O)C(N)c1cccs1. The van der Waals surface area contributed by atoms with Gasteiger partial charge in [0.25, 0.3) is 0 Å². The zero-order valence-corrected chi connectivity index (χ0v) is 9.28. The van der Waals surface area contributed by atoms with Crippen molar-refractivity contribution in [3.8, 4) is 12.1 Å². The van der Waals surface area contributed by atoms with E-state index in [1.165, 1.54) is 11.3 Å². The van der Waals surface area contributed by atoms with Gasteiger partial charge in [0.2, 0.25) is 5.91 Å². The third kappa shape index (κ3) is 2.80. The Bertz CT molecular complexity index is 413. The summed E-state index contributed by atoms with van der Waals surface area (Å²) in [4.78, 5) is 13.7. The fraction of sp³-hybridized carbons (Fsp3) is 0.300. The molecule has 0 saturated heterocycles. The Morgan fingerprint density at radius 2 is 2.12 bits per heavy atom. The predicted molar refractivity (Wildman–Crippen MR) is 59.1 cm³/mol. The van der Waals surface area contributed by atoms with Gasteiger partial charge < -0.3 is 10.6 Å². The number of nitrogens with two attached hydrogens (primary N) is 1. The first kappa shape index (κ1) is 12.2. The van der Waals surface area contributed by atoms with Crippen LogP contribution in [0.3, 0.4) is 0 Å². The van der Waals surface area contributed by atoms with E-state index in [9.17, 15) is 4.79 Å². The molecule has 0 aliphatic carbocycles. The number of thiophene rings is 1. The highest BCUT2D eigenvalue weighted by Crippen LogP contribution is 2.18. The molecule has 82 valence electrons. The molecule has 0 radical (unpaired) electrons. The molecule has 0 fully saturated rings. The molecule has 1 aromatic rings. The van der Waals surface area contributed by atoms with Gasteiger partial charge in [-0.1, -0.05) is 6.07 Å². The van der Waals surface area contributed by atoms with Crippen molar-refractivity contribution in [2.24, 2.45) is 5.73 Å². The van der Waals surface area contributed by atoms with E-state index in [0.29, 0.717) is 0 Å². The van der Waals surface area contributed by atoms with Crippen LogP contribution in [0.25, 0.3) is 0 Å². The third-order valence-corrected chi connectivity index (χ3v) is 2.91. The number of nitriles is 2. The lowest BCUT2D eigenvalue weighted by molar-refractivity contribution is -0.131. The molecule has 6 heteroatoms. The summed E-state index contributed by atoms with van der Waals surface area (Å²) in [5, 5.41) is 18.9. The van der Waals surface area contributed by atoms with Gasteiger partial charge in [0.15, 0.2) is 0 Å². The van der Waals surface area contributed by atoms with E-state index < -0.39 is 11.9 Å². The van der Waals surface area contributed by atoms with Gasteiger partial charge in [-0.05, 0) is 11.4 Å². The van der Waals surface area contributed by atoms with Crippen LogP contribution in [-0.2, 0) is 4.79 Å². The lowest BCUT2D eigenvalue weighted by Gasteiger charge is -2.19. The van der Waals surface area contributed by atoms with E-state index in [-0.39, 0.29) is 13.1 Å². The molecule has 2 N–H and O–H groups in total. The average Bonchev–Trinajstić information content (AvgIpc) is 2.80. The van der Waals surface area contributed by atoms with Gasteiger partial charge in [-0.3, -0.25) is 4.79 Å². The molecule has 1 unspecified atom stereocenters. The molecule has 1 atom stereocenters. The van der Waals surface area contributed by atoms with Crippen molar-refractivity contribution in [1.82, 2.24) is 4.90 Å². The van der Waals surface area contributed by atoms with Crippen molar-refractivity contribution in [2.75, 3.05) is 13.1 Å². The topological polar surface area (TPSA) is 93.9 Å². The quantitative estimate of drug-likeness (QED) is 0.773. The van der Waals surface area contributed by atoms with Crippen molar-refractivity contribution in [2.45, 2.75) is 6.04 Å². The van der Waals surface area contributed by atoms with Crippen LogP contribution in [0.15, 0.2) is 17.5 Å². The minimum Gasteiger partial charge on any atom is -0.316 e. The molecule has 1 amide bonds. The molecule has 0 aliphatic heterocycles. The number of hydrogen-bond acceptors (Lipinski definition) is 5. The average molecular weight is 234 g/mol. The summed E-state index contributed by atoms with van der Waals surface area (Å²) in [6, 6.07) is 6.43. The van der Waals surface area contributed by atoms with Crippen LogP contribution < -0.4 is 5.73 Å². The van der Waals surface area contributed by atoms with Gasteiger partial charge in [0.05, 0.1) is 12.1 Å². The van der Waals surface area contributed by atoms with E-state index in [0.717, 1.165) is 9.78 Å². The summed E-state index contributed by atoms with van der Waals surface area (Å²) in [5.41, 5.74) is 5.74. The fourth-order valence-electron chi connectivity index (χ4n) is 1.17. The monoisotopic (exact) mass is 234 g/mol. The molecule has 0 saturated carbocycles. The van der Waals surface area contributed by atoms with Gasteiger partial charge in [-0.25, -0.2) is 0 Å². The number of nitrogens with zero attached hydrogens (tertiary/aromatic N) is 3. The van der Waals surface area contributed by atoms with Crippen molar-refractivity contribution in [3.63, 3.8) is 0 Å². The van der Waals surface area contributed by atoms with Gasteiger partial charge in [0.1, 0.15) is 19.1 Å². The first-order chi connectivity index (χ1) is 7.70. The van der Waals surface area contributed by atoms with E-state index in [4.69, 9.17) is 16.3 Å². The summed E-state index contributed by atoms with van der Waals surface area (Å²) in [5.74, 6) is -0.398. The second kappa shape index (κ2) is 5.86. The second-order valence-electron chi connectivity index (χ2n) is 3.00. The lowest BCUT2D eigenvalue weighted by atomic mass is 10.2. The highest BCUT2D eigenvalue weighted by Gasteiger charge is 2.22. The van der Waals surface area contributed by atoms with Gasteiger partial charge in [0, 0.05) is 4.88 Å². The summed E-state index contributed by atoms with van der Waals surface area (Å²) >= 11 is 1.37. The summed E-state index contributed by atoms with van der Waals surface area (Å²) in [6.45, 7) is -0.239. The molecule has 5 nitrogen and oxygen atoms in total. The number of carbonyl (C=O) groups excluding carboxylic acids is 1. The maximum Gasteiger partial charge on any atom is 0.246 e. The van der Waals surface area contributed by atoms with Crippen molar-refractivity contribution in [1.29, 1.82) is 10.5 Å². The molecule has 1 rings (SSSR count). The molecule has 0 bridgehead atoms. The molecule has 0 aromatic carbocycles. The largest absolute Gasteiger partial charge is 0.316 e. The summed E-state index contributed by atoms with van der Waals surface area (Å²) in [6.07, 6.45) is 0. The minimum absolute atomic E-state index is 0.120. The Labute approximate surface area is 97.3 Å². The Balaban J connectivity index is 2.76. The van der Waals surface area contributed by atoms with Crippen molar-refractivity contribution < 1.29 is 4.79 Å². The predicted octanol–water partition coefficient (Wildman–Crippen LogP) is 0.624. The smallest absolute Gasteiger partial charge is 0.246 e. The highest BCUT2D eigenvalue weighted by atomic mass is 32.1. The Morgan fingerprint density at radius 3 is 2.56 bits per heavy atom. The van der Waals surface area contributed by atoms with E-state index in [1.807, 2.05) is 17.5 Å². The minimum atomic E-state index is -0.790. The standard InChI is InChI=1S/C10H10N4OS/c11-3-5-14(6-4-12)10(15)9(13)8-2-1-7-16-8/h1-2,7,9H,5-6,13H2. The van der Waals surface area contributed by atoms with Crippen molar-refractivity contribution in [3.05, 3.63) is 22.4 Å². The molecule has 16 heavy (non-hydrogen) atoms. The van der Waals surface area contributed by atoms with E-state index in [1.54, 1.807) is 12.1 Å². The third-order valence-electron chi connectivity index (χ3n) is 1.95. The van der Waals surface area contributed by atoms with Crippen LogP contribution in [0.4, 0.5) is 0 Å². The summed E-state index contributed by atoms with van der Waals surface area (Å²) < 4.78 is 0. The zero-order valence-electron chi connectivity index (χ0n) is 8.46. The number of hydrogen-bond donors (Lipinski definition) is 1. The summed E-state index contributed by atoms with van der Waals surface area (Å²) in [7, 11) is 0. The number of amides is 1. The van der Waals surface area contributed by atoms with Crippen LogP contribution in [0.1, 0.15) is 10.9 Å². The molecule has 1 heterocycles. The first-order valence-corrected chi connectivity index (χ1v) is 5.40. The van der Waals surface area contributed by atoms with E-state index >= 15 is 0 Å². The number of carbonyl (C=O) groups is 1. The van der Waals surface area contributed by atoms with Crippen molar-refractivity contribution >= 4 is 17.2 Å². The Kier molecular flexibility index (Phi) is 4.46. The molecule has 0 spiro atoms. The Morgan fingerprint density at radius 1 is 1.50 bits per heavy atom. The molecule has 1 aromatic heterocycles. The van der Waals surface area contributed by atoms with Crippen LogP contribution >= 0.6 is 11.3 Å². The van der Waals surface area contributed by atoms with Crippen LogP contribution in [-0.4, -0.2) is 23.9 Å². The Hall–Kier alpha value is -1.89. The van der Waals surface area contributed by atoms with Gasteiger partial charge in [-0.2, -0.15) is 10.5 Å².